The summed E-state index contributed by atoms with van der Waals surface area (Å²) in [6.07, 6.45) is 1.77. The van der Waals surface area contributed by atoms with Crippen LogP contribution in [0.5, 0.6) is 0 Å². The molecule has 86 valence electrons. The van der Waals surface area contributed by atoms with E-state index in [4.69, 9.17) is 5.41 Å². The summed E-state index contributed by atoms with van der Waals surface area (Å²) in [4.78, 5) is 4.35. The molecule has 1 aliphatic rings. The van der Waals surface area contributed by atoms with E-state index in [9.17, 15) is 0 Å². The molecule has 0 bridgehead atoms. The van der Waals surface area contributed by atoms with Gasteiger partial charge in [0.25, 0.3) is 0 Å². The van der Waals surface area contributed by atoms with E-state index in [0.29, 0.717) is 5.49 Å². The van der Waals surface area contributed by atoms with Gasteiger partial charge in [0.2, 0.25) is 5.95 Å². The summed E-state index contributed by atoms with van der Waals surface area (Å²) in [5.41, 5.74) is 3.69. The highest BCUT2D eigenvalue weighted by atomic mass is 15.2. The van der Waals surface area contributed by atoms with Gasteiger partial charge in [0.1, 0.15) is 5.49 Å². The minimum Gasteiger partial charge on any atom is -0.354 e. The van der Waals surface area contributed by atoms with Crippen LogP contribution in [0.1, 0.15) is 5.56 Å². The van der Waals surface area contributed by atoms with Gasteiger partial charge in [-0.2, -0.15) is 0 Å². The third-order valence-electron chi connectivity index (χ3n) is 3.08. The Kier molecular flexibility index (Phi) is 2.21. The standard InChI is InChI=1S/C13H14N4/c1-9-2-4-10(5-3-9)11-8-16-13-15-6-7-17(13)12(11)14/h2-5,8,14H,6-7H2,1H3,(H,15,16). The van der Waals surface area contributed by atoms with Crippen molar-refractivity contribution in [3.63, 3.8) is 0 Å². The number of benzene rings is 1. The lowest BCUT2D eigenvalue weighted by Gasteiger charge is -2.07. The Morgan fingerprint density at radius 3 is 2.82 bits per heavy atom. The average molecular weight is 226 g/mol. The maximum atomic E-state index is 8.20. The summed E-state index contributed by atoms with van der Waals surface area (Å²) < 4.78 is 1.91. The lowest BCUT2D eigenvalue weighted by Crippen LogP contribution is -2.20. The number of fused-ring (bicyclic) bond motifs is 1. The van der Waals surface area contributed by atoms with Crippen molar-refractivity contribution in [2.24, 2.45) is 0 Å². The fraction of sp³-hybridized carbons (Fsp3) is 0.231. The lowest BCUT2D eigenvalue weighted by atomic mass is 10.1. The largest absolute Gasteiger partial charge is 0.354 e. The van der Waals surface area contributed by atoms with Gasteiger partial charge in [0, 0.05) is 24.8 Å². The molecule has 0 fully saturated rings. The second-order valence-corrected chi connectivity index (χ2v) is 4.29. The van der Waals surface area contributed by atoms with E-state index in [1.165, 1.54) is 5.56 Å². The molecule has 17 heavy (non-hydrogen) atoms. The van der Waals surface area contributed by atoms with Crippen LogP contribution >= 0.6 is 0 Å². The number of rotatable bonds is 1. The molecular formula is C13H14N4. The third kappa shape index (κ3) is 1.62. The Labute approximate surface area is 99.5 Å². The van der Waals surface area contributed by atoms with Gasteiger partial charge < -0.3 is 5.32 Å². The van der Waals surface area contributed by atoms with E-state index in [-0.39, 0.29) is 0 Å². The molecule has 1 aromatic heterocycles. The zero-order chi connectivity index (χ0) is 11.8. The van der Waals surface area contributed by atoms with Crippen LogP contribution in [0.2, 0.25) is 0 Å². The summed E-state index contributed by atoms with van der Waals surface area (Å²) in [6, 6.07) is 8.20. The fourth-order valence-corrected chi connectivity index (χ4v) is 2.09. The highest BCUT2D eigenvalue weighted by Crippen LogP contribution is 2.17. The molecular weight excluding hydrogens is 212 g/mol. The molecule has 1 aliphatic heterocycles. The average Bonchev–Trinajstić information content (AvgIpc) is 2.80. The van der Waals surface area contributed by atoms with Crippen molar-refractivity contribution in [1.82, 2.24) is 9.55 Å². The van der Waals surface area contributed by atoms with E-state index in [1.807, 2.05) is 16.7 Å². The number of aromatic nitrogens is 2. The zero-order valence-corrected chi connectivity index (χ0v) is 9.70. The van der Waals surface area contributed by atoms with Gasteiger partial charge in [-0.05, 0) is 12.5 Å². The van der Waals surface area contributed by atoms with Gasteiger partial charge in [0.05, 0.1) is 0 Å². The van der Waals surface area contributed by atoms with Crippen LogP contribution in [0.25, 0.3) is 11.1 Å². The first-order valence-electron chi connectivity index (χ1n) is 5.71. The molecule has 0 spiro atoms. The molecule has 4 heteroatoms. The monoisotopic (exact) mass is 226 g/mol. The van der Waals surface area contributed by atoms with E-state index in [1.54, 1.807) is 6.20 Å². The molecule has 0 atom stereocenters. The number of nitrogens with zero attached hydrogens (tertiary/aromatic N) is 2. The van der Waals surface area contributed by atoms with Crippen LogP contribution in [0.15, 0.2) is 30.5 Å². The van der Waals surface area contributed by atoms with Crippen LogP contribution in [0, 0.1) is 12.3 Å². The van der Waals surface area contributed by atoms with Crippen molar-refractivity contribution in [2.75, 3.05) is 11.9 Å². The molecule has 4 nitrogen and oxygen atoms in total. The van der Waals surface area contributed by atoms with E-state index >= 15 is 0 Å². The van der Waals surface area contributed by atoms with Crippen LogP contribution in [-0.2, 0) is 6.54 Å². The molecule has 0 saturated heterocycles. The molecule has 0 saturated carbocycles. The van der Waals surface area contributed by atoms with Gasteiger partial charge in [-0.25, -0.2) is 4.98 Å². The summed E-state index contributed by atoms with van der Waals surface area (Å²) in [5.74, 6) is 0.797. The smallest absolute Gasteiger partial charge is 0.204 e. The number of hydrogen-bond donors (Lipinski definition) is 2. The van der Waals surface area contributed by atoms with Crippen molar-refractivity contribution >= 4 is 5.95 Å². The summed E-state index contributed by atoms with van der Waals surface area (Å²) in [7, 11) is 0. The molecule has 2 heterocycles. The first-order valence-corrected chi connectivity index (χ1v) is 5.71. The highest BCUT2D eigenvalue weighted by Gasteiger charge is 2.13. The Morgan fingerprint density at radius 1 is 1.29 bits per heavy atom. The number of aryl methyl sites for hydroxylation is 1. The normalized spacial score (nSPS) is 13.2. The molecule has 0 unspecified atom stereocenters. The van der Waals surface area contributed by atoms with Gasteiger partial charge in [-0.15, -0.1) is 0 Å². The lowest BCUT2D eigenvalue weighted by molar-refractivity contribution is 0.737. The minimum absolute atomic E-state index is 0.531. The topological polar surface area (TPSA) is 53.7 Å². The van der Waals surface area contributed by atoms with Crippen molar-refractivity contribution in [3.05, 3.63) is 41.5 Å². The van der Waals surface area contributed by atoms with Crippen LogP contribution < -0.4 is 10.8 Å². The number of nitrogens with one attached hydrogen (secondary N) is 2. The number of anilines is 1. The van der Waals surface area contributed by atoms with E-state index in [2.05, 4.69) is 29.4 Å². The maximum absolute atomic E-state index is 8.20. The molecule has 2 N–H and O–H groups in total. The molecule has 1 aromatic carbocycles. The molecule has 2 aromatic rings. The summed E-state index contributed by atoms with van der Waals surface area (Å²) >= 11 is 0. The van der Waals surface area contributed by atoms with Crippen molar-refractivity contribution in [2.45, 2.75) is 13.5 Å². The van der Waals surface area contributed by atoms with E-state index < -0.39 is 0 Å². The SMILES string of the molecule is Cc1ccc(-c2cnc3n(c2=N)CCN3)cc1. The Morgan fingerprint density at radius 2 is 2.06 bits per heavy atom. The van der Waals surface area contributed by atoms with Gasteiger partial charge >= 0.3 is 0 Å². The molecule has 3 rings (SSSR count). The highest BCUT2D eigenvalue weighted by molar-refractivity contribution is 5.62. The minimum atomic E-state index is 0.531. The van der Waals surface area contributed by atoms with Crippen molar-refractivity contribution in [1.29, 1.82) is 5.41 Å². The first-order chi connectivity index (χ1) is 8.25. The van der Waals surface area contributed by atoms with E-state index in [0.717, 1.165) is 30.2 Å². The molecule has 0 amide bonds. The summed E-state index contributed by atoms with van der Waals surface area (Å²) in [5, 5.41) is 11.4. The fourth-order valence-electron chi connectivity index (χ4n) is 2.09. The second kappa shape index (κ2) is 3.73. The quantitative estimate of drug-likeness (QED) is 0.778. The van der Waals surface area contributed by atoms with Gasteiger partial charge in [-0.3, -0.25) is 9.98 Å². The Hall–Kier alpha value is -2.10. The third-order valence-corrected chi connectivity index (χ3v) is 3.08. The predicted octanol–water partition coefficient (Wildman–Crippen LogP) is 1.76. The zero-order valence-electron chi connectivity index (χ0n) is 9.70. The molecule has 0 radical (unpaired) electrons. The summed E-state index contributed by atoms with van der Waals surface area (Å²) in [6.45, 7) is 3.74. The van der Waals surface area contributed by atoms with Crippen molar-refractivity contribution < 1.29 is 0 Å². The first kappa shape index (κ1) is 10.1. The van der Waals surface area contributed by atoms with Crippen LogP contribution in [-0.4, -0.2) is 16.1 Å². The molecule has 0 aliphatic carbocycles. The maximum Gasteiger partial charge on any atom is 0.204 e. The van der Waals surface area contributed by atoms with Crippen LogP contribution in [0.4, 0.5) is 5.95 Å². The second-order valence-electron chi connectivity index (χ2n) is 4.29. The Bertz CT molecular complexity index is 610. The predicted molar refractivity (Wildman–Crippen MR) is 66.7 cm³/mol. The van der Waals surface area contributed by atoms with Crippen LogP contribution in [0.3, 0.4) is 0 Å². The Balaban J connectivity index is 2.16. The van der Waals surface area contributed by atoms with Crippen molar-refractivity contribution in [3.8, 4) is 11.1 Å². The number of hydrogen-bond acceptors (Lipinski definition) is 3. The van der Waals surface area contributed by atoms with Gasteiger partial charge in [-0.1, -0.05) is 29.8 Å². The van der Waals surface area contributed by atoms with Gasteiger partial charge in [0.15, 0.2) is 0 Å².